The number of piperidine rings is 2. The molecule has 0 bridgehead atoms. The molecule has 2 aliphatic rings. The van der Waals surface area contributed by atoms with Crippen molar-refractivity contribution in [2.24, 2.45) is 11.8 Å². The van der Waals surface area contributed by atoms with Crippen molar-refractivity contribution in [1.29, 1.82) is 0 Å². The zero-order valence-electron chi connectivity index (χ0n) is 28.6. The van der Waals surface area contributed by atoms with Crippen molar-refractivity contribution in [3.63, 3.8) is 0 Å². The minimum absolute atomic E-state index is 0.0540. The first-order valence-electron chi connectivity index (χ1n) is 16.3. The van der Waals surface area contributed by atoms with E-state index < -0.39 is 17.6 Å². The van der Waals surface area contributed by atoms with E-state index >= 15 is 0 Å². The van der Waals surface area contributed by atoms with Crippen LogP contribution in [0, 0.1) is 11.8 Å². The van der Waals surface area contributed by atoms with E-state index in [1.54, 1.807) is 18.2 Å². The van der Waals surface area contributed by atoms with Crippen molar-refractivity contribution in [3.8, 4) is 0 Å². The van der Waals surface area contributed by atoms with E-state index in [1.807, 2.05) is 51.3 Å². The number of methoxy groups -OCH3 is 1. The molecular formula is C33H56N6O5. The zero-order valence-corrected chi connectivity index (χ0v) is 28.6. The molecule has 2 aliphatic heterocycles. The summed E-state index contributed by atoms with van der Waals surface area (Å²) in [7, 11) is 1.66. The number of aromatic nitrogens is 2. The van der Waals surface area contributed by atoms with Crippen LogP contribution < -0.4 is 5.32 Å². The molecule has 0 aromatic carbocycles. The van der Waals surface area contributed by atoms with Crippen LogP contribution in [-0.2, 0) is 19.7 Å². The Bertz CT molecular complexity index is 1120. The highest BCUT2D eigenvalue weighted by Crippen LogP contribution is 2.29. The maximum Gasteiger partial charge on any atom is 0.410 e. The molecule has 1 aromatic heterocycles. The number of hydrogen-bond acceptors (Lipinski definition) is 8. The van der Waals surface area contributed by atoms with Crippen molar-refractivity contribution < 1.29 is 23.9 Å². The summed E-state index contributed by atoms with van der Waals surface area (Å²) in [5.41, 5.74) is -0.606. The summed E-state index contributed by atoms with van der Waals surface area (Å²) in [6.45, 7) is 19.4. The van der Waals surface area contributed by atoms with Crippen LogP contribution in [0.1, 0.15) is 104 Å². The second-order valence-electron chi connectivity index (χ2n) is 14.7. The summed E-state index contributed by atoms with van der Waals surface area (Å²) in [5.74, 6) is 0.694. The standard InChI is InChI=1S/C33H56N6O5/c1-23(2)20-39(29(41)26-19-35-30(32(3,4)5)36-27(26)34-14-13-17-43-9)25-18-24(28(40)37-15-11-10-12-16-37)21-38(22-25)31(42)44-33(6,7)8/h19,23-25H,10-18,20-22H2,1-9H3,(H,34,35,36)/t24-,25+/m1/s1. The summed E-state index contributed by atoms with van der Waals surface area (Å²) in [6, 6.07) is -0.381. The van der Waals surface area contributed by atoms with Crippen molar-refractivity contribution in [3.05, 3.63) is 17.6 Å². The Morgan fingerprint density at radius 2 is 1.73 bits per heavy atom. The van der Waals surface area contributed by atoms with E-state index in [1.165, 1.54) is 0 Å². The molecule has 1 N–H and O–H groups in total. The Hall–Kier alpha value is -2.95. The molecule has 0 spiro atoms. The minimum Gasteiger partial charge on any atom is -0.444 e. The van der Waals surface area contributed by atoms with Crippen LogP contribution in [0.25, 0.3) is 0 Å². The first kappa shape index (κ1) is 35.5. The van der Waals surface area contributed by atoms with Crippen LogP contribution >= 0.6 is 0 Å². The Morgan fingerprint density at radius 1 is 1.05 bits per heavy atom. The number of nitrogens with one attached hydrogen (secondary N) is 1. The smallest absolute Gasteiger partial charge is 0.410 e. The van der Waals surface area contributed by atoms with Gasteiger partial charge < -0.3 is 29.5 Å². The third kappa shape index (κ3) is 10.0. The number of carbonyl (C=O) groups excluding carboxylic acids is 3. The van der Waals surface area contributed by atoms with Crippen LogP contribution in [-0.4, -0.2) is 107 Å². The molecule has 1 aromatic rings. The lowest BCUT2D eigenvalue weighted by Gasteiger charge is -2.44. The van der Waals surface area contributed by atoms with Gasteiger partial charge in [0.05, 0.1) is 12.0 Å². The number of carbonyl (C=O) groups is 3. The molecule has 0 radical (unpaired) electrons. The summed E-state index contributed by atoms with van der Waals surface area (Å²) in [6.07, 6.45) is 5.48. The number of ether oxygens (including phenoxy) is 2. The van der Waals surface area contributed by atoms with E-state index in [9.17, 15) is 14.4 Å². The molecule has 44 heavy (non-hydrogen) atoms. The molecule has 248 valence electrons. The molecule has 3 rings (SSSR count). The third-order valence-corrected chi connectivity index (χ3v) is 7.87. The molecule has 2 atom stereocenters. The highest BCUT2D eigenvalue weighted by molar-refractivity contribution is 5.98. The minimum atomic E-state index is -0.681. The van der Waals surface area contributed by atoms with Crippen molar-refractivity contribution in [1.82, 2.24) is 24.7 Å². The van der Waals surface area contributed by atoms with Gasteiger partial charge in [0.2, 0.25) is 5.91 Å². The van der Waals surface area contributed by atoms with E-state index in [4.69, 9.17) is 14.5 Å². The molecule has 11 heteroatoms. The maximum absolute atomic E-state index is 14.5. The summed E-state index contributed by atoms with van der Waals surface area (Å²) in [5, 5.41) is 3.35. The van der Waals surface area contributed by atoms with Gasteiger partial charge in [-0.25, -0.2) is 14.8 Å². The van der Waals surface area contributed by atoms with Crippen LogP contribution in [0.5, 0.6) is 0 Å². The fourth-order valence-electron chi connectivity index (χ4n) is 5.73. The highest BCUT2D eigenvalue weighted by Gasteiger charge is 2.41. The first-order valence-corrected chi connectivity index (χ1v) is 16.3. The maximum atomic E-state index is 14.5. The quantitative estimate of drug-likeness (QED) is 0.367. The van der Waals surface area contributed by atoms with E-state index in [-0.39, 0.29) is 42.3 Å². The molecule has 0 saturated carbocycles. The van der Waals surface area contributed by atoms with Crippen LogP contribution in [0.15, 0.2) is 6.20 Å². The fourth-order valence-corrected chi connectivity index (χ4v) is 5.73. The second kappa shape index (κ2) is 15.4. The summed E-state index contributed by atoms with van der Waals surface area (Å²) in [4.78, 5) is 56.4. The summed E-state index contributed by atoms with van der Waals surface area (Å²) < 4.78 is 11.0. The number of hydrogen-bond donors (Lipinski definition) is 1. The number of anilines is 1. The van der Waals surface area contributed by atoms with Gasteiger partial charge in [0, 0.05) is 64.6 Å². The fraction of sp³-hybridized carbons (Fsp3) is 0.788. The molecule has 11 nitrogen and oxygen atoms in total. The zero-order chi connectivity index (χ0) is 32.7. The Balaban J connectivity index is 1.99. The molecule has 0 unspecified atom stereocenters. The predicted molar refractivity (Wildman–Crippen MR) is 172 cm³/mol. The van der Waals surface area contributed by atoms with Gasteiger partial charge >= 0.3 is 6.09 Å². The van der Waals surface area contributed by atoms with E-state index in [0.29, 0.717) is 43.3 Å². The lowest BCUT2D eigenvalue weighted by Crippen LogP contribution is -2.58. The third-order valence-electron chi connectivity index (χ3n) is 7.87. The molecular weight excluding hydrogens is 560 g/mol. The topological polar surface area (TPSA) is 117 Å². The van der Waals surface area contributed by atoms with Gasteiger partial charge in [0.25, 0.3) is 5.91 Å². The number of amides is 3. The van der Waals surface area contributed by atoms with Gasteiger partial charge in [0.1, 0.15) is 22.8 Å². The highest BCUT2D eigenvalue weighted by atomic mass is 16.6. The molecule has 3 amide bonds. The Labute approximate surface area is 264 Å². The summed E-state index contributed by atoms with van der Waals surface area (Å²) >= 11 is 0. The van der Waals surface area contributed by atoms with Crippen LogP contribution in [0.2, 0.25) is 0 Å². The van der Waals surface area contributed by atoms with Crippen molar-refractivity contribution in [2.45, 2.75) is 105 Å². The molecule has 2 saturated heterocycles. The molecule has 0 aliphatic carbocycles. The number of likely N-dealkylation sites (tertiary alicyclic amines) is 2. The van der Waals surface area contributed by atoms with Crippen LogP contribution in [0.4, 0.5) is 10.6 Å². The van der Waals surface area contributed by atoms with Gasteiger partial charge in [-0.15, -0.1) is 0 Å². The van der Waals surface area contributed by atoms with Gasteiger partial charge in [-0.1, -0.05) is 34.6 Å². The largest absolute Gasteiger partial charge is 0.444 e. The monoisotopic (exact) mass is 616 g/mol. The van der Waals surface area contributed by atoms with Crippen LogP contribution in [0.3, 0.4) is 0 Å². The number of nitrogens with zero attached hydrogens (tertiary/aromatic N) is 5. The van der Waals surface area contributed by atoms with Crippen molar-refractivity contribution in [2.75, 3.05) is 58.3 Å². The SMILES string of the molecule is COCCCNc1nc(C(C)(C)C)ncc1C(=O)N(CC(C)C)[C@H]1C[C@@H](C(=O)N2CCCCC2)CN(C(=O)OC(C)(C)C)C1. The van der Waals surface area contributed by atoms with Gasteiger partial charge in [-0.05, 0) is 58.8 Å². The second-order valence-corrected chi connectivity index (χ2v) is 14.7. The van der Waals surface area contributed by atoms with Gasteiger partial charge in [-0.2, -0.15) is 0 Å². The normalized spacial score (nSPS) is 19.6. The first-order chi connectivity index (χ1) is 20.6. The van der Waals surface area contributed by atoms with E-state index in [2.05, 4.69) is 24.1 Å². The Kier molecular flexibility index (Phi) is 12.4. The lowest BCUT2D eigenvalue weighted by molar-refractivity contribution is -0.139. The van der Waals surface area contributed by atoms with Gasteiger partial charge in [0.15, 0.2) is 0 Å². The van der Waals surface area contributed by atoms with E-state index in [0.717, 1.165) is 38.8 Å². The molecule has 3 heterocycles. The average molecular weight is 617 g/mol. The predicted octanol–water partition coefficient (Wildman–Crippen LogP) is 4.96. The lowest BCUT2D eigenvalue weighted by atomic mass is 9.90. The number of rotatable bonds is 10. The molecule has 2 fully saturated rings. The van der Waals surface area contributed by atoms with Gasteiger partial charge in [-0.3, -0.25) is 9.59 Å². The van der Waals surface area contributed by atoms with Crippen molar-refractivity contribution >= 4 is 23.7 Å². The average Bonchev–Trinajstić information content (AvgIpc) is 2.96. The Morgan fingerprint density at radius 3 is 2.32 bits per heavy atom.